The van der Waals surface area contributed by atoms with Crippen LogP contribution in [-0.2, 0) is 9.59 Å². The lowest BCUT2D eigenvalue weighted by Gasteiger charge is -2.28. The molecule has 1 aliphatic carbocycles. The lowest BCUT2D eigenvalue weighted by atomic mass is 9.81. The van der Waals surface area contributed by atoms with E-state index in [2.05, 4.69) is 10.6 Å². The zero-order valence-electron chi connectivity index (χ0n) is 17.0. The number of hydrogen-bond donors (Lipinski definition) is 2. The molecule has 5 nitrogen and oxygen atoms in total. The minimum absolute atomic E-state index is 0.0294. The normalized spacial score (nSPS) is 19.8. The van der Waals surface area contributed by atoms with Gasteiger partial charge in [0.1, 0.15) is 0 Å². The lowest BCUT2D eigenvalue weighted by molar-refractivity contribution is -0.129. The third-order valence-corrected chi connectivity index (χ3v) is 5.66. The molecule has 1 aliphatic rings. The van der Waals surface area contributed by atoms with Gasteiger partial charge < -0.3 is 10.6 Å². The van der Waals surface area contributed by atoms with Crippen molar-refractivity contribution >= 4 is 23.3 Å². The van der Waals surface area contributed by atoms with Gasteiger partial charge in [-0.15, -0.1) is 0 Å². The first-order chi connectivity index (χ1) is 13.9. The van der Waals surface area contributed by atoms with E-state index in [1.165, 1.54) is 6.92 Å². The Morgan fingerprint density at radius 1 is 0.862 bits per heavy atom. The van der Waals surface area contributed by atoms with Crippen molar-refractivity contribution in [3.8, 4) is 0 Å². The molecule has 2 aromatic carbocycles. The molecule has 5 heteroatoms. The van der Waals surface area contributed by atoms with Crippen molar-refractivity contribution < 1.29 is 14.4 Å². The Morgan fingerprint density at radius 3 is 2.10 bits per heavy atom. The molecule has 0 radical (unpaired) electrons. The highest BCUT2D eigenvalue weighted by atomic mass is 16.2. The monoisotopic (exact) mass is 392 g/mol. The van der Waals surface area contributed by atoms with Crippen LogP contribution in [0.5, 0.6) is 0 Å². The third-order valence-electron chi connectivity index (χ3n) is 5.66. The van der Waals surface area contributed by atoms with Gasteiger partial charge >= 0.3 is 0 Å². The fourth-order valence-electron chi connectivity index (χ4n) is 3.83. The van der Waals surface area contributed by atoms with E-state index < -0.39 is 0 Å². The number of rotatable bonds is 6. The fourth-order valence-corrected chi connectivity index (χ4v) is 3.83. The van der Waals surface area contributed by atoms with Gasteiger partial charge in [0.25, 0.3) is 0 Å². The summed E-state index contributed by atoms with van der Waals surface area (Å²) in [5.74, 6) is -0.160. The maximum Gasteiger partial charge on any atom is 0.227 e. The van der Waals surface area contributed by atoms with Crippen LogP contribution in [0.2, 0.25) is 0 Å². The molecular weight excluding hydrogens is 364 g/mol. The quantitative estimate of drug-likeness (QED) is 0.710. The largest absolute Gasteiger partial charge is 0.349 e. The zero-order valence-corrected chi connectivity index (χ0v) is 17.0. The summed E-state index contributed by atoms with van der Waals surface area (Å²) in [6.07, 6.45) is 2.80. The van der Waals surface area contributed by atoms with E-state index in [0.29, 0.717) is 36.9 Å². The molecule has 152 valence electrons. The van der Waals surface area contributed by atoms with Gasteiger partial charge in [-0.1, -0.05) is 42.5 Å². The summed E-state index contributed by atoms with van der Waals surface area (Å²) in [5.41, 5.74) is 2.30. The molecule has 0 heterocycles. The smallest absolute Gasteiger partial charge is 0.227 e. The number of nitrogens with one attached hydrogen (secondary N) is 2. The third kappa shape index (κ3) is 5.53. The standard InChI is InChI=1S/C24H28N2O3/c1-16(18-7-4-3-5-8-18)25-23(28)19-11-13-20(14-12-19)24(29)26-22-10-6-9-21(15-22)17(2)27/h3-10,15-16,19-20H,11-14H2,1-2H3,(H,25,28)(H,26,29). The average Bonchev–Trinajstić information content (AvgIpc) is 2.74. The molecule has 0 aromatic heterocycles. The predicted octanol–water partition coefficient (Wildman–Crippen LogP) is 4.51. The Bertz CT molecular complexity index is 871. The van der Waals surface area contributed by atoms with Gasteiger partial charge in [0.05, 0.1) is 6.04 Å². The van der Waals surface area contributed by atoms with Crippen molar-refractivity contribution in [2.45, 2.75) is 45.6 Å². The van der Waals surface area contributed by atoms with Crippen molar-refractivity contribution in [3.05, 3.63) is 65.7 Å². The molecule has 2 aromatic rings. The summed E-state index contributed by atoms with van der Waals surface area (Å²) in [4.78, 5) is 36.7. The zero-order chi connectivity index (χ0) is 20.8. The van der Waals surface area contributed by atoms with Crippen LogP contribution >= 0.6 is 0 Å². The Balaban J connectivity index is 1.49. The maximum atomic E-state index is 12.6. The van der Waals surface area contributed by atoms with E-state index in [0.717, 1.165) is 5.56 Å². The number of carbonyl (C=O) groups excluding carboxylic acids is 3. The van der Waals surface area contributed by atoms with Gasteiger partial charge in [0, 0.05) is 23.1 Å². The summed E-state index contributed by atoms with van der Waals surface area (Å²) >= 11 is 0. The van der Waals surface area contributed by atoms with Crippen LogP contribution in [0.4, 0.5) is 5.69 Å². The molecule has 0 spiro atoms. The molecule has 29 heavy (non-hydrogen) atoms. The number of ketones is 1. The predicted molar refractivity (Wildman–Crippen MR) is 114 cm³/mol. The first-order valence-corrected chi connectivity index (χ1v) is 10.2. The van der Waals surface area contributed by atoms with Crippen LogP contribution < -0.4 is 10.6 Å². The van der Waals surface area contributed by atoms with Gasteiger partial charge in [-0.05, 0) is 57.2 Å². The Kier molecular flexibility index (Phi) is 6.81. The SMILES string of the molecule is CC(=O)c1cccc(NC(=O)C2CCC(C(=O)NC(C)c3ccccc3)CC2)c1. The second kappa shape index (κ2) is 9.50. The van der Waals surface area contributed by atoms with Crippen LogP contribution in [0, 0.1) is 11.8 Å². The molecule has 0 saturated heterocycles. The molecule has 1 saturated carbocycles. The first kappa shape index (κ1) is 20.8. The van der Waals surface area contributed by atoms with Crippen LogP contribution in [0.25, 0.3) is 0 Å². The Morgan fingerprint density at radius 2 is 1.48 bits per heavy atom. The number of benzene rings is 2. The highest BCUT2D eigenvalue weighted by molar-refractivity contribution is 5.97. The summed E-state index contributed by atoms with van der Waals surface area (Å²) < 4.78 is 0. The molecule has 2 amide bonds. The second-order valence-electron chi connectivity index (χ2n) is 7.82. The number of Topliss-reactive ketones (excluding diaryl/α,β-unsaturated/α-hetero) is 1. The number of hydrogen-bond acceptors (Lipinski definition) is 3. The molecule has 0 aliphatic heterocycles. The summed E-state index contributed by atoms with van der Waals surface area (Å²) in [6.45, 7) is 3.49. The van der Waals surface area contributed by atoms with E-state index in [1.54, 1.807) is 24.3 Å². The van der Waals surface area contributed by atoms with Crippen molar-refractivity contribution in [2.24, 2.45) is 11.8 Å². The van der Waals surface area contributed by atoms with Crippen LogP contribution in [0.1, 0.15) is 61.5 Å². The van der Waals surface area contributed by atoms with E-state index in [-0.39, 0.29) is 35.5 Å². The maximum absolute atomic E-state index is 12.6. The van der Waals surface area contributed by atoms with Crippen molar-refractivity contribution in [2.75, 3.05) is 5.32 Å². The van der Waals surface area contributed by atoms with Gasteiger partial charge in [-0.25, -0.2) is 0 Å². The average molecular weight is 392 g/mol. The fraction of sp³-hybridized carbons (Fsp3) is 0.375. The van der Waals surface area contributed by atoms with Crippen LogP contribution in [0.3, 0.4) is 0 Å². The van der Waals surface area contributed by atoms with Gasteiger partial charge in [0.15, 0.2) is 5.78 Å². The molecule has 1 unspecified atom stereocenters. The minimum Gasteiger partial charge on any atom is -0.349 e. The number of carbonyl (C=O) groups is 3. The Hall–Kier alpha value is -2.95. The summed E-state index contributed by atoms with van der Waals surface area (Å²) in [6, 6.07) is 16.9. The highest BCUT2D eigenvalue weighted by Crippen LogP contribution is 2.30. The molecule has 1 fully saturated rings. The topological polar surface area (TPSA) is 75.3 Å². The van der Waals surface area contributed by atoms with Crippen molar-refractivity contribution in [1.82, 2.24) is 5.32 Å². The van der Waals surface area contributed by atoms with E-state index in [9.17, 15) is 14.4 Å². The highest BCUT2D eigenvalue weighted by Gasteiger charge is 2.30. The van der Waals surface area contributed by atoms with Crippen molar-refractivity contribution in [1.29, 1.82) is 0 Å². The minimum atomic E-state index is -0.105. The van der Waals surface area contributed by atoms with E-state index in [1.807, 2.05) is 37.3 Å². The Labute approximate surface area is 171 Å². The van der Waals surface area contributed by atoms with Gasteiger partial charge in [-0.2, -0.15) is 0 Å². The number of anilines is 1. The number of amides is 2. The summed E-state index contributed by atoms with van der Waals surface area (Å²) in [7, 11) is 0. The summed E-state index contributed by atoms with van der Waals surface area (Å²) in [5, 5.41) is 6.01. The van der Waals surface area contributed by atoms with Gasteiger partial charge in [0.2, 0.25) is 11.8 Å². The van der Waals surface area contributed by atoms with Gasteiger partial charge in [-0.3, -0.25) is 14.4 Å². The van der Waals surface area contributed by atoms with E-state index >= 15 is 0 Å². The molecule has 3 rings (SSSR count). The van der Waals surface area contributed by atoms with Crippen LogP contribution in [0.15, 0.2) is 54.6 Å². The first-order valence-electron chi connectivity index (χ1n) is 10.2. The van der Waals surface area contributed by atoms with E-state index in [4.69, 9.17) is 0 Å². The lowest BCUT2D eigenvalue weighted by Crippen LogP contribution is -2.36. The molecule has 2 N–H and O–H groups in total. The van der Waals surface area contributed by atoms with Crippen LogP contribution in [-0.4, -0.2) is 17.6 Å². The molecule has 1 atom stereocenters. The van der Waals surface area contributed by atoms with Crippen molar-refractivity contribution in [3.63, 3.8) is 0 Å². The second-order valence-corrected chi connectivity index (χ2v) is 7.82. The molecule has 0 bridgehead atoms. The molecular formula is C24H28N2O3.